The third kappa shape index (κ3) is 4.49. The SMILES string of the molecule is CC(=O)N1CCN(S(=O)(=O)c2cccc(C(=O)Oc3c(C)cccc3C)c2)CC1. The third-order valence-electron chi connectivity index (χ3n) is 5.00. The summed E-state index contributed by atoms with van der Waals surface area (Å²) in [4.78, 5) is 25.7. The quantitative estimate of drug-likeness (QED) is 0.564. The zero-order valence-corrected chi connectivity index (χ0v) is 17.5. The number of hydrogen-bond acceptors (Lipinski definition) is 5. The van der Waals surface area contributed by atoms with Crippen molar-refractivity contribution in [3.8, 4) is 5.75 Å². The molecule has 154 valence electrons. The van der Waals surface area contributed by atoms with Crippen LogP contribution in [0.2, 0.25) is 0 Å². The van der Waals surface area contributed by atoms with Crippen molar-refractivity contribution < 1.29 is 22.7 Å². The van der Waals surface area contributed by atoms with Gasteiger partial charge in [0.1, 0.15) is 5.75 Å². The zero-order chi connectivity index (χ0) is 21.2. The van der Waals surface area contributed by atoms with E-state index in [9.17, 15) is 18.0 Å². The van der Waals surface area contributed by atoms with E-state index in [4.69, 9.17) is 4.74 Å². The molecule has 0 N–H and O–H groups in total. The molecule has 3 rings (SSSR count). The number of nitrogens with zero attached hydrogens (tertiary/aromatic N) is 2. The Labute approximate surface area is 170 Å². The normalized spacial score (nSPS) is 15.2. The molecule has 1 aliphatic rings. The van der Waals surface area contributed by atoms with E-state index in [0.29, 0.717) is 18.8 Å². The molecule has 0 radical (unpaired) electrons. The van der Waals surface area contributed by atoms with Gasteiger partial charge in [0.25, 0.3) is 0 Å². The molecule has 2 aromatic rings. The second-order valence-electron chi connectivity index (χ2n) is 7.05. The van der Waals surface area contributed by atoms with Crippen molar-refractivity contribution in [3.05, 3.63) is 59.2 Å². The van der Waals surface area contributed by atoms with Gasteiger partial charge in [0.2, 0.25) is 15.9 Å². The van der Waals surface area contributed by atoms with Crippen molar-refractivity contribution in [2.24, 2.45) is 0 Å². The molecule has 0 spiro atoms. The van der Waals surface area contributed by atoms with Crippen LogP contribution in [0.25, 0.3) is 0 Å². The molecule has 2 aromatic carbocycles. The molecule has 7 nitrogen and oxygen atoms in total. The van der Waals surface area contributed by atoms with Gasteiger partial charge in [-0.1, -0.05) is 24.3 Å². The van der Waals surface area contributed by atoms with Gasteiger partial charge >= 0.3 is 5.97 Å². The van der Waals surface area contributed by atoms with Gasteiger partial charge < -0.3 is 9.64 Å². The van der Waals surface area contributed by atoms with Crippen LogP contribution in [-0.4, -0.2) is 55.7 Å². The lowest BCUT2D eigenvalue weighted by molar-refractivity contribution is -0.129. The summed E-state index contributed by atoms with van der Waals surface area (Å²) in [5, 5.41) is 0. The van der Waals surface area contributed by atoms with E-state index < -0.39 is 16.0 Å². The van der Waals surface area contributed by atoms with E-state index in [2.05, 4.69) is 0 Å². The number of piperazine rings is 1. The Morgan fingerprint density at radius 1 is 0.931 bits per heavy atom. The molecular formula is C21H24N2O5S. The van der Waals surface area contributed by atoms with Gasteiger partial charge in [-0.3, -0.25) is 4.79 Å². The van der Waals surface area contributed by atoms with Crippen LogP contribution in [0.5, 0.6) is 5.75 Å². The molecule has 29 heavy (non-hydrogen) atoms. The van der Waals surface area contributed by atoms with Crippen molar-refractivity contribution in [2.45, 2.75) is 25.7 Å². The Morgan fingerprint density at radius 2 is 1.52 bits per heavy atom. The fourth-order valence-electron chi connectivity index (χ4n) is 3.29. The first-order valence-electron chi connectivity index (χ1n) is 9.34. The third-order valence-corrected chi connectivity index (χ3v) is 6.89. The average Bonchev–Trinajstić information content (AvgIpc) is 2.71. The highest BCUT2D eigenvalue weighted by Gasteiger charge is 2.29. The van der Waals surface area contributed by atoms with Gasteiger partial charge in [-0.2, -0.15) is 4.31 Å². The van der Waals surface area contributed by atoms with Crippen LogP contribution in [0.3, 0.4) is 0 Å². The van der Waals surface area contributed by atoms with Crippen LogP contribution in [0.1, 0.15) is 28.4 Å². The number of benzene rings is 2. The second kappa shape index (κ2) is 8.34. The van der Waals surface area contributed by atoms with Gasteiger partial charge in [0.15, 0.2) is 0 Å². The highest BCUT2D eigenvalue weighted by Crippen LogP contribution is 2.24. The molecule has 0 saturated carbocycles. The lowest BCUT2D eigenvalue weighted by Crippen LogP contribution is -2.49. The minimum atomic E-state index is -3.77. The molecule has 1 heterocycles. The summed E-state index contributed by atoms with van der Waals surface area (Å²) in [7, 11) is -3.77. The molecule has 1 fully saturated rings. The van der Waals surface area contributed by atoms with Crippen LogP contribution >= 0.6 is 0 Å². The lowest BCUT2D eigenvalue weighted by atomic mass is 10.1. The van der Waals surface area contributed by atoms with Crippen molar-refractivity contribution in [1.82, 2.24) is 9.21 Å². The van der Waals surface area contributed by atoms with Crippen LogP contribution in [0.15, 0.2) is 47.4 Å². The number of sulfonamides is 1. The van der Waals surface area contributed by atoms with E-state index in [1.54, 1.807) is 4.90 Å². The summed E-state index contributed by atoms with van der Waals surface area (Å²) in [5.41, 5.74) is 1.81. The van der Waals surface area contributed by atoms with E-state index in [0.717, 1.165) is 11.1 Å². The molecule has 1 saturated heterocycles. The smallest absolute Gasteiger partial charge is 0.343 e. The fourth-order valence-corrected chi connectivity index (χ4v) is 4.76. The van der Waals surface area contributed by atoms with Crippen molar-refractivity contribution in [3.63, 3.8) is 0 Å². The number of aryl methyl sites for hydroxylation is 2. The number of amides is 1. The monoisotopic (exact) mass is 416 g/mol. The Hall–Kier alpha value is -2.71. The number of para-hydroxylation sites is 1. The summed E-state index contributed by atoms with van der Waals surface area (Å²) < 4.78 is 32.8. The minimum Gasteiger partial charge on any atom is -0.422 e. The second-order valence-corrected chi connectivity index (χ2v) is 8.99. The number of hydrogen-bond donors (Lipinski definition) is 0. The van der Waals surface area contributed by atoms with E-state index in [1.807, 2.05) is 32.0 Å². The summed E-state index contributed by atoms with van der Waals surface area (Å²) in [6, 6.07) is 11.4. The molecular weight excluding hydrogens is 392 g/mol. The molecule has 1 aliphatic heterocycles. The Balaban J connectivity index is 1.80. The maximum absolute atomic E-state index is 13.0. The number of esters is 1. The topological polar surface area (TPSA) is 84.0 Å². The average molecular weight is 416 g/mol. The summed E-state index contributed by atoms with van der Waals surface area (Å²) in [6.45, 7) is 6.30. The van der Waals surface area contributed by atoms with E-state index in [-0.39, 0.29) is 29.5 Å². The van der Waals surface area contributed by atoms with Gasteiger partial charge in [-0.25, -0.2) is 13.2 Å². The number of carbonyl (C=O) groups excluding carboxylic acids is 2. The predicted molar refractivity (Wildman–Crippen MR) is 108 cm³/mol. The van der Waals surface area contributed by atoms with E-state index in [1.165, 1.54) is 35.5 Å². The molecule has 0 aliphatic carbocycles. The predicted octanol–water partition coefficient (Wildman–Crippen LogP) is 2.38. The highest BCUT2D eigenvalue weighted by atomic mass is 32.2. The summed E-state index contributed by atoms with van der Waals surface area (Å²) in [6.07, 6.45) is 0. The van der Waals surface area contributed by atoms with Crippen LogP contribution in [0.4, 0.5) is 0 Å². The van der Waals surface area contributed by atoms with Gasteiger partial charge in [0, 0.05) is 33.1 Å². The Kier molecular flexibility index (Phi) is 6.04. The number of carbonyl (C=O) groups is 2. The molecule has 0 unspecified atom stereocenters. The fraction of sp³-hybridized carbons (Fsp3) is 0.333. The standard InChI is InChI=1S/C21H24N2O5S/c1-15-6-4-7-16(2)20(15)28-21(25)18-8-5-9-19(14-18)29(26,27)23-12-10-22(11-13-23)17(3)24/h4-9,14H,10-13H2,1-3H3. The highest BCUT2D eigenvalue weighted by molar-refractivity contribution is 7.89. The number of ether oxygens (including phenoxy) is 1. The van der Waals surface area contributed by atoms with E-state index >= 15 is 0 Å². The van der Waals surface area contributed by atoms with Crippen molar-refractivity contribution >= 4 is 21.9 Å². The molecule has 0 bridgehead atoms. The molecule has 0 aromatic heterocycles. The maximum atomic E-state index is 13.0. The van der Waals surface area contributed by atoms with Crippen molar-refractivity contribution in [1.29, 1.82) is 0 Å². The lowest BCUT2D eigenvalue weighted by Gasteiger charge is -2.33. The van der Waals surface area contributed by atoms with Crippen LogP contribution < -0.4 is 4.74 Å². The van der Waals surface area contributed by atoms with Crippen LogP contribution in [-0.2, 0) is 14.8 Å². The van der Waals surface area contributed by atoms with Gasteiger partial charge in [-0.15, -0.1) is 0 Å². The Morgan fingerprint density at radius 3 is 2.10 bits per heavy atom. The van der Waals surface area contributed by atoms with Gasteiger partial charge in [0.05, 0.1) is 10.5 Å². The summed E-state index contributed by atoms with van der Waals surface area (Å²) >= 11 is 0. The molecule has 8 heteroatoms. The zero-order valence-electron chi connectivity index (χ0n) is 16.7. The molecule has 0 atom stereocenters. The van der Waals surface area contributed by atoms with Crippen molar-refractivity contribution in [2.75, 3.05) is 26.2 Å². The largest absolute Gasteiger partial charge is 0.422 e. The first-order valence-corrected chi connectivity index (χ1v) is 10.8. The Bertz CT molecular complexity index is 1020. The first kappa shape index (κ1) is 21.0. The maximum Gasteiger partial charge on any atom is 0.343 e. The molecule has 1 amide bonds. The van der Waals surface area contributed by atoms with Gasteiger partial charge in [-0.05, 0) is 43.2 Å². The van der Waals surface area contributed by atoms with Crippen LogP contribution in [0, 0.1) is 13.8 Å². The summed E-state index contributed by atoms with van der Waals surface area (Å²) in [5.74, 6) is -0.203. The first-order chi connectivity index (χ1) is 13.7. The number of rotatable bonds is 4. The minimum absolute atomic E-state index is 0.0322.